The molecule has 1 saturated heterocycles. The molecule has 2 aliphatic carbocycles. The second kappa shape index (κ2) is 18.7. The van der Waals surface area contributed by atoms with Gasteiger partial charge in [0.05, 0.1) is 12.1 Å². The van der Waals surface area contributed by atoms with Crippen LogP contribution in [-0.2, 0) is 32.0 Å². The van der Waals surface area contributed by atoms with Crippen LogP contribution in [0.1, 0.15) is 89.7 Å². The molecule has 4 N–H and O–H groups in total. The number of carbonyl (C=O) groups excluding carboxylic acids is 4. The van der Waals surface area contributed by atoms with Gasteiger partial charge in [-0.1, -0.05) is 70.7 Å². The van der Waals surface area contributed by atoms with E-state index in [1.54, 1.807) is 11.9 Å². The van der Waals surface area contributed by atoms with E-state index < -0.39 is 23.8 Å². The summed E-state index contributed by atoms with van der Waals surface area (Å²) in [6.45, 7) is 7.12. The van der Waals surface area contributed by atoms with Crippen LogP contribution in [0.15, 0.2) is 24.3 Å². The van der Waals surface area contributed by atoms with Crippen LogP contribution >= 0.6 is 0 Å². The Morgan fingerprint density at radius 2 is 1.60 bits per heavy atom. The largest absolute Gasteiger partial charge is 0.400 e. The Kier molecular flexibility index (Phi) is 15.8. The summed E-state index contributed by atoms with van der Waals surface area (Å²) in [6, 6.07) is 6.45. The Bertz CT molecular complexity index is 987. The number of carbonyl (C=O) groups is 4. The fourth-order valence-corrected chi connectivity index (χ4v) is 6.08. The molecule has 2 fully saturated rings. The van der Waals surface area contributed by atoms with Crippen LogP contribution in [0.3, 0.4) is 0 Å². The lowest BCUT2D eigenvalue weighted by Gasteiger charge is -2.32. The molecule has 1 aromatic rings. The first-order chi connectivity index (χ1) is 20.3. The number of Topliss-reactive ketones (excluding diaryl/α,β-unsaturated/α-hetero) is 1. The van der Waals surface area contributed by atoms with Crippen molar-refractivity contribution in [1.82, 2.24) is 20.9 Å². The predicted molar refractivity (Wildman–Crippen MR) is 166 cm³/mol. The smallest absolute Gasteiger partial charge is 0.289 e. The Hall–Kier alpha value is -2.78. The molecule has 1 saturated carbocycles. The van der Waals surface area contributed by atoms with Crippen molar-refractivity contribution in [2.45, 2.75) is 110 Å². The number of rotatable bonds is 12. The number of amides is 3. The van der Waals surface area contributed by atoms with Gasteiger partial charge in [-0.25, -0.2) is 0 Å². The maximum Gasteiger partial charge on any atom is 0.289 e. The third-order valence-electron chi connectivity index (χ3n) is 8.45. The van der Waals surface area contributed by atoms with Gasteiger partial charge in [0, 0.05) is 20.2 Å². The second-order valence-corrected chi connectivity index (χ2v) is 11.7. The molecule has 0 aromatic heterocycles. The van der Waals surface area contributed by atoms with Crippen molar-refractivity contribution in [2.75, 3.05) is 27.2 Å². The molecule has 0 bridgehead atoms. The Morgan fingerprint density at radius 3 is 2.12 bits per heavy atom. The zero-order valence-electron chi connectivity index (χ0n) is 26.4. The highest BCUT2D eigenvalue weighted by Gasteiger charge is 2.41. The topological polar surface area (TPSA) is 128 Å². The lowest BCUT2D eigenvalue weighted by Crippen LogP contribution is -2.56. The van der Waals surface area contributed by atoms with Gasteiger partial charge in [0.1, 0.15) is 6.04 Å². The van der Waals surface area contributed by atoms with Gasteiger partial charge < -0.3 is 26.0 Å². The molecule has 4 rings (SSSR count). The van der Waals surface area contributed by atoms with E-state index in [9.17, 15) is 19.2 Å². The zero-order valence-corrected chi connectivity index (χ0v) is 26.4. The molecule has 1 aromatic carbocycles. The minimum absolute atomic E-state index is 0.0593. The molecule has 9 heteroatoms. The van der Waals surface area contributed by atoms with E-state index in [1.165, 1.54) is 24.0 Å². The number of likely N-dealkylation sites (tertiary alicyclic amines) is 1. The summed E-state index contributed by atoms with van der Waals surface area (Å²) in [5, 5.41) is 15.8. The van der Waals surface area contributed by atoms with E-state index in [-0.39, 0.29) is 23.8 Å². The number of hydrogen-bond donors (Lipinski definition) is 4. The molecule has 9 nitrogen and oxygen atoms in total. The van der Waals surface area contributed by atoms with Gasteiger partial charge in [0.25, 0.3) is 5.91 Å². The van der Waals surface area contributed by atoms with E-state index in [0.29, 0.717) is 31.8 Å². The average molecular weight is 587 g/mol. The number of nitrogens with zero attached hydrogens (tertiary/aromatic N) is 1. The van der Waals surface area contributed by atoms with E-state index in [4.69, 9.17) is 5.11 Å². The molecular formula is C33H54N4O5. The molecule has 42 heavy (non-hydrogen) atoms. The number of benzene rings is 1. The van der Waals surface area contributed by atoms with Gasteiger partial charge in [-0.15, -0.1) is 0 Å². The number of hydrogen-bond acceptors (Lipinski definition) is 6. The molecule has 0 radical (unpaired) electrons. The highest BCUT2D eigenvalue weighted by atomic mass is 16.2. The highest BCUT2D eigenvalue weighted by molar-refractivity contribution is 6.38. The molecule has 1 heterocycles. The van der Waals surface area contributed by atoms with Crippen molar-refractivity contribution in [3.8, 4) is 0 Å². The summed E-state index contributed by atoms with van der Waals surface area (Å²) < 4.78 is 0. The van der Waals surface area contributed by atoms with Gasteiger partial charge in [0.15, 0.2) is 0 Å². The predicted octanol–water partition coefficient (Wildman–Crippen LogP) is 3.17. The highest BCUT2D eigenvalue weighted by Crippen LogP contribution is 2.32. The molecule has 0 spiro atoms. The number of fused-ring (bicyclic) bond motifs is 1. The maximum atomic E-state index is 13.7. The van der Waals surface area contributed by atoms with Crippen molar-refractivity contribution in [2.24, 2.45) is 11.8 Å². The van der Waals surface area contributed by atoms with Crippen molar-refractivity contribution in [3.05, 3.63) is 35.4 Å². The first-order valence-corrected chi connectivity index (χ1v) is 16.0. The molecule has 1 aliphatic heterocycles. The van der Waals surface area contributed by atoms with E-state index >= 15 is 0 Å². The minimum atomic E-state index is -0.855. The van der Waals surface area contributed by atoms with Crippen LogP contribution in [0.5, 0.6) is 0 Å². The average Bonchev–Trinajstić information content (AvgIpc) is 3.63. The standard InChI is InChI=1S/C29H42N4O4.C3H8.CH4O/c1-3-15-31-28(36)26(34)23(14-13-19-8-6-9-19)32-27(35)24-12-7-16-33(24)29(37)25(30-2)22-17-20-10-4-5-11-21(20)18-22;1-3-2;1-2/h4-5,10-11,19,22-25,30H,3,6-9,12-18H2,1-2H3,(H,31,36)(H,32,35);3H2,1-2H3;2H,1H3. The van der Waals surface area contributed by atoms with Gasteiger partial charge in [-0.3, -0.25) is 19.2 Å². The van der Waals surface area contributed by atoms with Gasteiger partial charge in [-0.05, 0) is 75.0 Å². The maximum absolute atomic E-state index is 13.7. The van der Waals surface area contributed by atoms with Crippen LogP contribution in [0.2, 0.25) is 0 Å². The summed E-state index contributed by atoms with van der Waals surface area (Å²) in [7, 11) is 2.81. The minimum Gasteiger partial charge on any atom is -0.400 e. The van der Waals surface area contributed by atoms with E-state index in [0.717, 1.165) is 52.1 Å². The molecule has 236 valence electrons. The van der Waals surface area contributed by atoms with E-state index in [2.05, 4.69) is 41.9 Å². The normalized spacial score (nSPS) is 19.2. The molecule has 3 amide bonds. The lowest BCUT2D eigenvalue weighted by atomic mass is 9.81. The van der Waals surface area contributed by atoms with Crippen molar-refractivity contribution in [3.63, 3.8) is 0 Å². The summed E-state index contributed by atoms with van der Waals surface area (Å²) in [6.07, 6.45) is 9.69. The summed E-state index contributed by atoms with van der Waals surface area (Å²) in [4.78, 5) is 54.2. The number of likely N-dealkylation sites (N-methyl/N-ethyl adjacent to an activating group) is 1. The third-order valence-corrected chi connectivity index (χ3v) is 8.45. The fraction of sp³-hybridized carbons (Fsp3) is 0.697. The second-order valence-electron chi connectivity index (χ2n) is 11.7. The van der Waals surface area contributed by atoms with Crippen LogP contribution in [0, 0.1) is 11.8 Å². The third kappa shape index (κ3) is 9.63. The van der Waals surface area contributed by atoms with Crippen LogP contribution < -0.4 is 16.0 Å². The van der Waals surface area contributed by atoms with E-state index in [1.807, 2.05) is 19.1 Å². The van der Waals surface area contributed by atoms with Crippen molar-refractivity contribution < 1.29 is 24.3 Å². The SMILES string of the molecule is CCC.CCCNC(=O)C(=O)C(CCC1CCC1)NC(=O)C1CCCN1C(=O)C(NC)C1Cc2ccccc2C1.CO. The number of ketones is 1. The first kappa shape index (κ1) is 35.4. The van der Waals surface area contributed by atoms with Crippen LogP contribution in [0.25, 0.3) is 0 Å². The lowest BCUT2D eigenvalue weighted by molar-refractivity contribution is -0.143. The zero-order chi connectivity index (χ0) is 31.1. The number of aliphatic hydroxyl groups is 1. The summed E-state index contributed by atoms with van der Waals surface area (Å²) in [5.74, 6) is -0.924. The quantitative estimate of drug-likeness (QED) is 0.279. The Labute approximate surface area is 252 Å². The number of aliphatic hydroxyl groups excluding tert-OH is 1. The van der Waals surface area contributed by atoms with Crippen molar-refractivity contribution in [1.29, 1.82) is 0 Å². The van der Waals surface area contributed by atoms with Crippen LogP contribution in [-0.4, -0.2) is 78.9 Å². The molecular weight excluding hydrogens is 532 g/mol. The Balaban J connectivity index is 0.00000116. The molecule has 3 atom stereocenters. The number of nitrogens with one attached hydrogen (secondary N) is 3. The molecule has 3 unspecified atom stereocenters. The van der Waals surface area contributed by atoms with Crippen LogP contribution in [0.4, 0.5) is 0 Å². The summed E-state index contributed by atoms with van der Waals surface area (Å²) in [5.41, 5.74) is 2.57. The first-order valence-electron chi connectivity index (χ1n) is 16.0. The van der Waals surface area contributed by atoms with Gasteiger partial charge in [0.2, 0.25) is 17.6 Å². The van der Waals surface area contributed by atoms with Gasteiger partial charge >= 0.3 is 0 Å². The monoisotopic (exact) mass is 586 g/mol. The summed E-state index contributed by atoms with van der Waals surface area (Å²) >= 11 is 0. The van der Waals surface area contributed by atoms with Crippen molar-refractivity contribution >= 4 is 23.5 Å². The van der Waals surface area contributed by atoms with Gasteiger partial charge in [-0.2, -0.15) is 0 Å². The Morgan fingerprint density at radius 1 is 0.976 bits per heavy atom. The molecule has 3 aliphatic rings. The fourth-order valence-electron chi connectivity index (χ4n) is 6.08.